The van der Waals surface area contributed by atoms with Crippen LogP contribution in [-0.2, 0) is 20.6 Å². The maximum absolute atomic E-state index is 12.4. The number of aromatic nitrogens is 4. The third-order valence-corrected chi connectivity index (χ3v) is 4.17. The fourth-order valence-corrected chi connectivity index (χ4v) is 2.58. The molecule has 2 aromatic heterocycles. The second-order valence-electron chi connectivity index (χ2n) is 5.22. The van der Waals surface area contributed by atoms with Gasteiger partial charge in [0.1, 0.15) is 5.69 Å². The number of carbonyl (C=O) groups excluding carboxylic acids is 1. The van der Waals surface area contributed by atoms with E-state index in [0.717, 1.165) is 11.3 Å². The van der Waals surface area contributed by atoms with Gasteiger partial charge in [-0.15, -0.1) is 0 Å². The number of nitrogens with zero attached hydrogens (tertiary/aromatic N) is 3. The van der Waals surface area contributed by atoms with Crippen LogP contribution in [-0.4, -0.2) is 25.2 Å². The van der Waals surface area contributed by atoms with E-state index in [9.17, 15) is 4.79 Å². The topological polar surface area (TPSA) is 67.6 Å². The van der Waals surface area contributed by atoms with Crippen molar-refractivity contribution in [3.63, 3.8) is 0 Å². The van der Waals surface area contributed by atoms with Gasteiger partial charge in [0.05, 0.1) is 6.54 Å². The summed E-state index contributed by atoms with van der Waals surface area (Å²) in [6.45, 7) is 0.314. The van der Waals surface area contributed by atoms with Crippen LogP contribution in [0.1, 0.15) is 16.3 Å². The van der Waals surface area contributed by atoms with Gasteiger partial charge < -0.3 is 14.5 Å². The van der Waals surface area contributed by atoms with Gasteiger partial charge in [-0.25, -0.2) is 0 Å². The number of amides is 1. The zero-order valence-electron chi connectivity index (χ0n) is 12.9. The first-order valence-electron chi connectivity index (χ1n) is 7.17. The highest BCUT2D eigenvalue weighted by Gasteiger charge is 2.14. The first kappa shape index (κ1) is 15.2. The van der Waals surface area contributed by atoms with E-state index in [4.69, 9.17) is 12.2 Å². The summed E-state index contributed by atoms with van der Waals surface area (Å²) < 4.78 is 4.14. The Labute approximate surface area is 138 Å². The fraction of sp³-hybridized carbons (Fsp3) is 0.188. The van der Waals surface area contributed by atoms with Crippen molar-refractivity contribution >= 4 is 18.1 Å². The molecule has 1 aromatic carbocycles. The van der Waals surface area contributed by atoms with Gasteiger partial charge in [-0.3, -0.25) is 9.89 Å². The lowest BCUT2D eigenvalue weighted by atomic mass is 10.2. The molecule has 6 nitrogen and oxygen atoms in total. The number of aromatic amines is 1. The molecule has 118 valence electrons. The average Bonchev–Trinajstić information content (AvgIpc) is 3.10. The summed E-state index contributed by atoms with van der Waals surface area (Å²) in [7, 11) is 3.69. The molecule has 0 spiro atoms. The van der Waals surface area contributed by atoms with Crippen LogP contribution in [0.25, 0.3) is 11.3 Å². The average molecular weight is 327 g/mol. The third kappa shape index (κ3) is 2.95. The Morgan fingerprint density at radius 1 is 1.17 bits per heavy atom. The minimum absolute atomic E-state index is 0.149. The highest BCUT2D eigenvalue weighted by atomic mass is 32.1. The van der Waals surface area contributed by atoms with Gasteiger partial charge in [0.2, 0.25) is 0 Å². The van der Waals surface area contributed by atoms with Crippen molar-refractivity contribution in [1.82, 2.24) is 24.6 Å². The molecule has 23 heavy (non-hydrogen) atoms. The van der Waals surface area contributed by atoms with E-state index < -0.39 is 0 Å². The smallest absolute Gasteiger partial charge is 0.268 e. The molecule has 0 saturated carbocycles. The summed E-state index contributed by atoms with van der Waals surface area (Å²) in [5.74, 6) is 0.532. The largest absolute Gasteiger partial charge is 0.343 e. The number of nitrogens with one attached hydrogen (secondary N) is 2. The molecule has 1 amide bonds. The first-order chi connectivity index (χ1) is 11.1. The van der Waals surface area contributed by atoms with Gasteiger partial charge >= 0.3 is 0 Å². The number of benzene rings is 1. The Morgan fingerprint density at radius 3 is 2.57 bits per heavy atom. The second kappa shape index (κ2) is 6.21. The van der Waals surface area contributed by atoms with Crippen molar-refractivity contribution in [2.75, 3.05) is 0 Å². The molecule has 0 bridgehead atoms. The normalized spacial score (nSPS) is 10.7. The molecule has 0 aliphatic carbocycles. The zero-order valence-corrected chi connectivity index (χ0v) is 13.7. The van der Waals surface area contributed by atoms with Crippen molar-refractivity contribution in [3.05, 3.63) is 58.8 Å². The van der Waals surface area contributed by atoms with Crippen LogP contribution >= 0.6 is 12.2 Å². The molecule has 7 heteroatoms. The van der Waals surface area contributed by atoms with Crippen molar-refractivity contribution in [3.8, 4) is 11.3 Å². The van der Waals surface area contributed by atoms with Crippen LogP contribution in [0.4, 0.5) is 0 Å². The van der Waals surface area contributed by atoms with Crippen molar-refractivity contribution in [2.45, 2.75) is 6.54 Å². The fourth-order valence-electron chi connectivity index (χ4n) is 2.43. The molecule has 0 aliphatic heterocycles. The number of hydrogen-bond donors (Lipinski definition) is 2. The Bertz CT molecular complexity index is 891. The second-order valence-corrected chi connectivity index (χ2v) is 5.60. The molecular formula is C16H17N5OS. The Morgan fingerprint density at radius 2 is 1.91 bits per heavy atom. The number of carbonyl (C=O) groups is 1. The van der Waals surface area contributed by atoms with Crippen LogP contribution in [0.5, 0.6) is 0 Å². The minimum atomic E-state index is -0.149. The minimum Gasteiger partial charge on any atom is -0.343 e. The van der Waals surface area contributed by atoms with E-state index in [0.29, 0.717) is 22.8 Å². The van der Waals surface area contributed by atoms with Gasteiger partial charge in [-0.2, -0.15) is 5.10 Å². The molecule has 0 aliphatic rings. The highest BCUT2D eigenvalue weighted by Crippen LogP contribution is 2.21. The Kier molecular flexibility index (Phi) is 4.12. The van der Waals surface area contributed by atoms with E-state index in [1.54, 1.807) is 4.57 Å². The monoisotopic (exact) mass is 327 g/mol. The molecule has 2 heterocycles. The zero-order chi connectivity index (χ0) is 16.4. The summed E-state index contributed by atoms with van der Waals surface area (Å²) in [6, 6.07) is 13.7. The van der Waals surface area contributed by atoms with E-state index in [-0.39, 0.29) is 5.91 Å². The maximum atomic E-state index is 12.4. The molecule has 0 saturated heterocycles. The van der Waals surface area contributed by atoms with Gasteiger partial charge in [0.15, 0.2) is 10.6 Å². The van der Waals surface area contributed by atoms with E-state index >= 15 is 0 Å². The molecule has 3 aromatic rings. The molecule has 0 radical (unpaired) electrons. The van der Waals surface area contributed by atoms with Crippen LogP contribution in [0, 0.1) is 4.77 Å². The standard InChI is InChI=1S/C16H17N5OS/c1-20-12(11-6-4-3-5-7-11)8-9-13(20)15(22)17-10-14-18-19-16(23)21(14)2/h3-9H,10H2,1-2H3,(H,17,22)(H,19,23). The van der Waals surface area contributed by atoms with E-state index in [2.05, 4.69) is 15.5 Å². The Balaban J connectivity index is 1.77. The van der Waals surface area contributed by atoms with Crippen molar-refractivity contribution < 1.29 is 4.79 Å². The third-order valence-electron chi connectivity index (χ3n) is 3.80. The highest BCUT2D eigenvalue weighted by molar-refractivity contribution is 7.71. The van der Waals surface area contributed by atoms with Gasteiger partial charge in [-0.05, 0) is 29.9 Å². The summed E-state index contributed by atoms with van der Waals surface area (Å²) in [5.41, 5.74) is 2.66. The van der Waals surface area contributed by atoms with Crippen LogP contribution in [0.3, 0.4) is 0 Å². The predicted molar refractivity (Wildman–Crippen MR) is 90.4 cm³/mol. The van der Waals surface area contributed by atoms with Crippen molar-refractivity contribution in [1.29, 1.82) is 0 Å². The Hall–Kier alpha value is -2.67. The summed E-state index contributed by atoms with van der Waals surface area (Å²) in [4.78, 5) is 12.4. The molecule has 0 fully saturated rings. The van der Waals surface area contributed by atoms with Crippen LogP contribution in [0.15, 0.2) is 42.5 Å². The van der Waals surface area contributed by atoms with Gasteiger partial charge in [-0.1, -0.05) is 30.3 Å². The molecular weight excluding hydrogens is 310 g/mol. The molecule has 0 unspecified atom stereocenters. The SMILES string of the molecule is Cn1c(C(=O)NCc2n[nH]c(=S)n2C)ccc1-c1ccccc1. The summed E-state index contributed by atoms with van der Waals surface area (Å²) >= 11 is 5.05. The van der Waals surface area contributed by atoms with Crippen molar-refractivity contribution in [2.24, 2.45) is 14.1 Å². The lowest BCUT2D eigenvalue weighted by Gasteiger charge is -2.08. The molecule has 3 rings (SSSR count). The molecule has 2 N–H and O–H groups in total. The maximum Gasteiger partial charge on any atom is 0.268 e. The lowest BCUT2D eigenvalue weighted by Crippen LogP contribution is -2.26. The summed E-state index contributed by atoms with van der Waals surface area (Å²) in [5, 5.41) is 9.64. The van der Waals surface area contributed by atoms with Crippen LogP contribution < -0.4 is 5.32 Å². The van der Waals surface area contributed by atoms with Gasteiger partial charge in [0, 0.05) is 19.8 Å². The summed E-state index contributed by atoms with van der Waals surface area (Å²) in [6.07, 6.45) is 0. The van der Waals surface area contributed by atoms with E-state index in [1.165, 1.54) is 0 Å². The van der Waals surface area contributed by atoms with Gasteiger partial charge in [0.25, 0.3) is 5.91 Å². The number of H-pyrrole nitrogens is 1. The number of rotatable bonds is 4. The molecule has 0 atom stereocenters. The lowest BCUT2D eigenvalue weighted by molar-refractivity contribution is 0.0941. The first-order valence-corrected chi connectivity index (χ1v) is 7.58. The predicted octanol–water partition coefficient (Wildman–Crippen LogP) is 2.41. The van der Waals surface area contributed by atoms with E-state index in [1.807, 2.05) is 61.1 Å². The number of hydrogen-bond acceptors (Lipinski definition) is 3. The van der Waals surface area contributed by atoms with Crippen LogP contribution in [0.2, 0.25) is 0 Å². The quantitative estimate of drug-likeness (QED) is 0.723.